The van der Waals surface area contributed by atoms with E-state index in [1.165, 1.54) is 5.56 Å². The average Bonchev–Trinajstić information content (AvgIpc) is 3.33. The normalized spacial score (nSPS) is 17.0. The molecule has 1 fully saturated rings. The third-order valence-corrected chi connectivity index (χ3v) is 6.04. The molecule has 0 unspecified atom stereocenters. The van der Waals surface area contributed by atoms with Crippen LogP contribution in [-0.2, 0) is 18.4 Å². The quantitative estimate of drug-likeness (QED) is 0.610. The topological polar surface area (TPSA) is 72.1 Å². The molecule has 3 heterocycles. The fourth-order valence-electron chi connectivity index (χ4n) is 4.38. The van der Waals surface area contributed by atoms with E-state index in [2.05, 4.69) is 48.8 Å². The number of imidazole rings is 1. The van der Waals surface area contributed by atoms with E-state index < -0.39 is 0 Å². The Hall–Kier alpha value is -3.00. The lowest BCUT2D eigenvalue weighted by atomic mass is 10.0. The van der Waals surface area contributed by atoms with Crippen molar-refractivity contribution < 1.29 is 4.79 Å². The minimum absolute atomic E-state index is 0.0802. The molecule has 3 aromatic rings. The lowest BCUT2D eigenvalue weighted by molar-refractivity contribution is -0.137. The molecule has 8 nitrogen and oxygen atoms in total. The molecule has 4 rings (SSSR count). The van der Waals surface area contributed by atoms with E-state index in [4.69, 9.17) is 0 Å². The summed E-state index contributed by atoms with van der Waals surface area (Å²) in [6.45, 7) is 9.39. The molecule has 1 amide bonds. The van der Waals surface area contributed by atoms with E-state index in [0.29, 0.717) is 19.6 Å². The van der Waals surface area contributed by atoms with Crippen LogP contribution in [0.4, 0.5) is 0 Å². The number of rotatable bonds is 6. The molecule has 1 aliphatic rings. The third-order valence-electron chi connectivity index (χ3n) is 6.04. The van der Waals surface area contributed by atoms with Gasteiger partial charge in [0.15, 0.2) is 0 Å². The van der Waals surface area contributed by atoms with Crippen molar-refractivity contribution in [1.29, 1.82) is 0 Å². The van der Waals surface area contributed by atoms with Gasteiger partial charge in [0.1, 0.15) is 17.5 Å². The zero-order chi connectivity index (χ0) is 22.0. The molecule has 0 N–H and O–H groups in total. The van der Waals surface area contributed by atoms with Crippen LogP contribution in [0, 0.1) is 19.8 Å². The molecule has 8 heteroatoms. The molecule has 164 valence electrons. The number of carbonyl (C=O) groups excluding carboxylic acids is 1. The maximum Gasteiger partial charge on any atom is 0.227 e. The predicted molar refractivity (Wildman–Crippen MR) is 118 cm³/mol. The standard InChI is InChI=1S/C23H31N7O/c1-17(16-30-19(3)25-18(2)26-30)23(31)29-14-12-28(13-15-29)21(20-8-6-5-7-9-20)22-24-10-11-27(22)4/h5-11,17,21H,12-16H2,1-4H3/t17-,21+/m1/s1. The van der Waals surface area contributed by atoms with Crippen molar-refractivity contribution in [3.8, 4) is 0 Å². The highest BCUT2D eigenvalue weighted by Crippen LogP contribution is 2.28. The Morgan fingerprint density at radius 3 is 2.39 bits per heavy atom. The zero-order valence-corrected chi connectivity index (χ0v) is 18.8. The Labute approximate surface area is 183 Å². The van der Waals surface area contributed by atoms with Gasteiger partial charge in [0.2, 0.25) is 5.91 Å². The van der Waals surface area contributed by atoms with E-state index in [1.54, 1.807) is 0 Å². The Balaban J connectivity index is 1.43. The van der Waals surface area contributed by atoms with E-state index in [0.717, 1.165) is 30.6 Å². The average molecular weight is 422 g/mol. The largest absolute Gasteiger partial charge is 0.340 e. The molecular weight excluding hydrogens is 390 g/mol. The van der Waals surface area contributed by atoms with Crippen LogP contribution in [0.5, 0.6) is 0 Å². The van der Waals surface area contributed by atoms with Gasteiger partial charge in [0.25, 0.3) is 0 Å². The summed E-state index contributed by atoms with van der Waals surface area (Å²) in [4.78, 5) is 26.5. The van der Waals surface area contributed by atoms with Crippen LogP contribution in [0.1, 0.15) is 36.0 Å². The second kappa shape index (κ2) is 9.01. The molecule has 1 saturated heterocycles. The van der Waals surface area contributed by atoms with Gasteiger partial charge in [0.05, 0.1) is 18.5 Å². The summed E-state index contributed by atoms with van der Waals surface area (Å²) in [7, 11) is 2.04. The van der Waals surface area contributed by atoms with Crippen LogP contribution < -0.4 is 0 Å². The number of carbonyl (C=O) groups is 1. The van der Waals surface area contributed by atoms with Gasteiger partial charge in [-0.3, -0.25) is 9.69 Å². The van der Waals surface area contributed by atoms with Crippen molar-refractivity contribution in [2.45, 2.75) is 33.4 Å². The van der Waals surface area contributed by atoms with Crippen molar-refractivity contribution in [3.63, 3.8) is 0 Å². The highest BCUT2D eigenvalue weighted by atomic mass is 16.2. The molecule has 0 radical (unpaired) electrons. The molecular formula is C23H31N7O. The van der Waals surface area contributed by atoms with Crippen molar-refractivity contribution >= 4 is 5.91 Å². The molecule has 2 aromatic heterocycles. The van der Waals surface area contributed by atoms with Crippen molar-refractivity contribution in [2.75, 3.05) is 26.2 Å². The Bertz CT molecular complexity index is 1020. The molecule has 0 aliphatic carbocycles. The van der Waals surface area contributed by atoms with E-state index in [-0.39, 0.29) is 17.9 Å². The number of hydrogen-bond donors (Lipinski definition) is 0. The lowest BCUT2D eigenvalue weighted by Gasteiger charge is -2.40. The van der Waals surface area contributed by atoms with Crippen molar-refractivity contribution in [3.05, 3.63) is 65.8 Å². The molecule has 0 spiro atoms. The molecule has 31 heavy (non-hydrogen) atoms. The monoisotopic (exact) mass is 421 g/mol. The molecule has 0 bridgehead atoms. The fraction of sp³-hybridized carbons (Fsp3) is 0.478. The van der Waals surface area contributed by atoms with E-state index in [9.17, 15) is 4.79 Å². The lowest BCUT2D eigenvalue weighted by Crippen LogP contribution is -2.51. The third kappa shape index (κ3) is 4.54. The highest BCUT2D eigenvalue weighted by Gasteiger charge is 2.31. The number of nitrogens with zero attached hydrogens (tertiary/aromatic N) is 7. The maximum atomic E-state index is 13.1. The van der Waals surface area contributed by atoms with Gasteiger partial charge in [0, 0.05) is 45.6 Å². The van der Waals surface area contributed by atoms with Gasteiger partial charge in [-0.2, -0.15) is 5.10 Å². The first-order chi connectivity index (χ1) is 14.9. The Morgan fingerprint density at radius 1 is 1.10 bits per heavy atom. The fourth-order valence-corrected chi connectivity index (χ4v) is 4.38. The van der Waals surface area contributed by atoms with Gasteiger partial charge in [-0.15, -0.1) is 0 Å². The number of aromatic nitrogens is 5. The van der Waals surface area contributed by atoms with Crippen molar-refractivity contribution in [2.24, 2.45) is 13.0 Å². The van der Waals surface area contributed by atoms with Crippen LogP contribution >= 0.6 is 0 Å². The summed E-state index contributed by atoms with van der Waals surface area (Å²) >= 11 is 0. The Morgan fingerprint density at radius 2 is 1.81 bits per heavy atom. The van der Waals surface area contributed by atoms with Gasteiger partial charge >= 0.3 is 0 Å². The summed E-state index contributed by atoms with van der Waals surface area (Å²) in [6.07, 6.45) is 3.83. The summed E-state index contributed by atoms with van der Waals surface area (Å²) in [5.41, 5.74) is 1.22. The number of aryl methyl sites for hydroxylation is 3. The molecule has 0 saturated carbocycles. The van der Waals surface area contributed by atoms with Crippen LogP contribution in [0.3, 0.4) is 0 Å². The summed E-state index contributed by atoms with van der Waals surface area (Å²) in [5.74, 6) is 2.66. The summed E-state index contributed by atoms with van der Waals surface area (Å²) in [5, 5.41) is 4.40. The summed E-state index contributed by atoms with van der Waals surface area (Å²) in [6, 6.07) is 10.6. The molecule has 1 aromatic carbocycles. The highest BCUT2D eigenvalue weighted by molar-refractivity contribution is 5.78. The summed E-state index contributed by atoms with van der Waals surface area (Å²) < 4.78 is 3.92. The maximum absolute atomic E-state index is 13.1. The molecule has 2 atom stereocenters. The minimum atomic E-state index is -0.134. The SMILES string of the molecule is Cc1nc(C)n(C[C@@H](C)C(=O)N2CCN([C@@H](c3ccccc3)c3nccn3C)CC2)n1. The van der Waals surface area contributed by atoms with Gasteiger partial charge in [-0.25, -0.2) is 14.6 Å². The minimum Gasteiger partial charge on any atom is -0.340 e. The first-order valence-electron chi connectivity index (χ1n) is 10.9. The van der Waals surface area contributed by atoms with Gasteiger partial charge in [-0.05, 0) is 19.4 Å². The number of benzene rings is 1. The number of amides is 1. The van der Waals surface area contributed by atoms with E-state index in [1.807, 2.05) is 55.9 Å². The van der Waals surface area contributed by atoms with Gasteiger partial charge in [-0.1, -0.05) is 37.3 Å². The first kappa shape index (κ1) is 21.2. The predicted octanol–water partition coefficient (Wildman–Crippen LogP) is 2.20. The van der Waals surface area contributed by atoms with Crippen LogP contribution in [0.25, 0.3) is 0 Å². The van der Waals surface area contributed by atoms with Crippen LogP contribution in [0.15, 0.2) is 42.7 Å². The Kier molecular flexibility index (Phi) is 6.18. The first-order valence-corrected chi connectivity index (χ1v) is 10.9. The van der Waals surface area contributed by atoms with E-state index >= 15 is 0 Å². The smallest absolute Gasteiger partial charge is 0.227 e. The van der Waals surface area contributed by atoms with Crippen molar-refractivity contribution in [1.82, 2.24) is 34.1 Å². The second-order valence-electron chi connectivity index (χ2n) is 8.36. The number of piperazine rings is 1. The number of hydrogen-bond acceptors (Lipinski definition) is 5. The zero-order valence-electron chi connectivity index (χ0n) is 18.8. The van der Waals surface area contributed by atoms with Gasteiger partial charge < -0.3 is 9.47 Å². The molecule has 1 aliphatic heterocycles. The second-order valence-corrected chi connectivity index (χ2v) is 8.36. The van der Waals surface area contributed by atoms with Crippen LogP contribution in [0.2, 0.25) is 0 Å². The van der Waals surface area contributed by atoms with Crippen LogP contribution in [-0.4, -0.2) is 66.2 Å².